The van der Waals surface area contributed by atoms with E-state index in [9.17, 15) is 14.3 Å². The predicted octanol–water partition coefficient (Wildman–Crippen LogP) is 4.22. The molecule has 0 spiro atoms. The molecule has 6 heteroatoms. The number of aromatic hydroxyl groups is 1. The van der Waals surface area contributed by atoms with E-state index < -0.39 is 11.7 Å². The van der Waals surface area contributed by atoms with Gasteiger partial charge in [-0.05, 0) is 45.8 Å². The molecule has 2 rings (SSSR count). The van der Waals surface area contributed by atoms with Crippen LogP contribution in [0.2, 0.25) is 5.02 Å². The summed E-state index contributed by atoms with van der Waals surface area (Å²) in [6.45, 7) is 0.247. The third-order valence-electron chi connectivity index (χ3n) is 2.90. The Bertz CT molecular complexity index is 693. The average molecular weight is 373 g/mol. The molecule has 0 fully saturated rings. The zero-order valence-corrected chi connectivity index (χ0v) is 13.4. The third-order valence-corrected chi connectivity index (χ3v) is 3.70. The molecule has 0 saturated heterocycles. The van der Waals surface area contributed by atoms with E-state index >= 15 is 0 Å². The molecule has 110 valence electrons. The summed E-state index contributed by atoms with van der Waals surface area (Å²) in [6, 6.07) is 9.23. The van der Waals surface area contributed by atoms with Crippen molar-refractivity contribution >= 4 is 33.4 Å². The lowest BCUT2D eigenvalue weighted by Crippen LogP contribution is -2.27. The van der Waals surface area contributed by atoms with Crippen LogP contribution in [-0.4, -0.2) is 23.0 Å². The molecule has 2 aromatic carbocycles. The predicted molar refractivity (Wildman–Crippen MR) is 83.0 cm³/mol. The van der Waals surface area contributed by atoms with Crippen molar-refractivity contribution in [2.45, 2.75) is 6.54 Å². The molecular weight excluding hydrogens is 361 g/mol. The topological polar surface area (TPSA) is 40.5 Å². The molecule has 1 N–H and O–H groups in total. The molecule has 0 aliphatic heterocycles. The van der Waals surface area contributed by atoms with E-state index in [2.05, 4.69) is 15.9 Å². The number of benzene rings is 2. The molecular formula is C15H12BrClFNO2. The molecule has 21 heavy (non-hydrogen) atoms. The minimum atomic E-state index is -0.646. The van der Waals surface area contributed by atoms with E-state index in [1.165, 1.54) is 17.0 Å². The molecule has 1 amide bonds. The van der Waals surface area contributed by atoms with E-state index in [1.54, 1.807) is 31.3 Å². The van der Waals surface area contributed by atoms with Crippen molar-refractivity contribution in [2.24, 2.45) is 0 Å². The molecule has 2 aromatic rings. The summed E-state index contributed by atoms with van der Waals surface area (Å²) in [6.07, 6.45) is 0. The van der Waals surface area contributed by atoms with Gasteiger partial charge in [0.15, 0.2) is 0 Å². The van der Waals surface area contributed by atoms with Crippen LogP contribution in [0.1, 0.15) is 15.9 Å². The van der Waals surface area contributed by atoms with Crippen LogP contribution in [0.3, 0.4) is 0 Å². The fourth-order valence-corrected chi connectivity index (χ4v) is 2.73. The largest absolute Gasteiger partial charge is 0.508 e. The molecule has 0 aromatic heterocycles. The zero-order chi connectivity index (χ0) is 15.6. The first kappa shape index (κ1) is 15.8. The van der Waals surface area contributed by atoms with Crippen LogP contribution in [-0.2, 0) is 6.54 Å². The van der Waals surface area contributed by atoms with Crippen molar-refractivity contribution in [3.63, 3.8) is 0 Å². The number of rotatable bonds is 3. The smallest absolute Gasteiger partial charge is 0.256 e. The summed E-state index contributed by atoms with van der Waals surface area (Å²) < 4.78 is 14.1. The second-order valence-corrected chi connectivity index (χ2v) is 5.87. The Labute approximate surface area is 135 Å². The lowest BCUT2D eigenvalue weighted by atomic mass is 10.1. The molecule has 0 aliphatic carbocycles. The maximum Gasteiger partial charge on any atom is 0.256 e. The van der Waals surface area contributed by atoms with Gasteiger partial charge in [-0.15, -0.1) is 0 Å². The summed E-state index contributed by atoms with van der Waals surface area (Å²) in [5.74, 6) is -1.02. The quantitative estimate of drug-likeness (QED) is 0.820. The summed E-state index contributed by atoms with van der Waals surface area (Å²) >= 11 is 8.88. The fourth-order valence-electron chi connectivity index (χ4n) is 1.92. The van der Waals surface area contributed by atoms with E-state index in [-0.39, 0.29) is 27.4 Å². The first-order chi connectivity index (χ1) is 9.88. The maximum atomic E-state index is 14.0. The van der Waals surface area contributed by atoms with Gasteiger partial charge in [0.05, 0.1) is 10.0 Å². The number of carbonyl (C=O) groups excluding carboxylic acids is 1. The molecule has 0 aliphatic rings. The fraction of sp³-hybridized carbons (Fsp3) is 0.133. The van der Waals surface area contributed by atoms with Gasteiger partial charge < -0.3 is 10.0 Å². The highest BCUT2D eigenvalue weighted by atomic mass is 79.9. The Balaban J connectivity index is 2.24. The van der Waals surface area contributed by atoms with Crippen molar-refractivity contribution in [1.82, 2.24) is 4.90 Å². The summed E-state index contributed by atoms with van der Waals surface area (Å²) in [5, 5.41) is 9.69. The monoisotopic (exact) mass is 371 g/mol. The van der Waals surface area contributed by atoms with E-state index in [0.29, 0.717) is 0 Å². The third kappa shape index (κ3) is 3.74. The number of amides is 1. The molecule has 0 atom stereocenters. The van der Waals surface area contributed by atoms with Gasteiger partial charge in [0.25, 0.3) is 5.91 Å². The maximum absolute atomic E-state index is 14.0. The van der Waals surface area contributed by atoms with Crippen LogP contribution in [0.25, 0.3) is 0 Å². The lowest BCUT2D eigenvalue weighted by Gasteiger charge is -2.18. The number of carbonyl (C=O) groups is 1. The van der Waals surface area contributed by atoms with Crippen LogP contribution in [0.15, 0.2) is 40.9 Å². The molecule has 0 saturated carbocycles. The van der Waals surface area contributed by atoms with E-state index in [1.807, 2.05) is 0 Å². The number of hydrogen-bond donors (Lipinski definition) is 1. The van der Waals surface area contributed by atoms with Crippen LogP contribution in [0, 0.1) is 5.82 Å². The normalized spacial score (nSPS) is 10.5. The minimum absolute atomic E-state index is 0.1000. The Morgan fingerprint density at radius 2 is 2.10 bits per heavy atom. The van der Waals surface area contributed by atoms with Crippen molar-refractivity contribution in [1.29, 1.82) is 0 Å². The van der Waals surface area contributed by atoms with Crippen molar-refractivity contribution in [3.05, 3.63) is 62.8 Å². The number of nitrogens with zero attached hydrogens (tertiary/aromatic N) is 1. The van der Waals surface area contributed by atoms with Gasteiger partial charge >= 0.3 is 0 Å². The second-order valence-electron chi connectivity index (χ2n) is 4.58. The Hall–Kier alpha value is -1.59. The first-order valence-electron chi connectivity index (χ1n) is 6.06. The van der Waals surface area contributed by atoms with Crippen LogP contribution < -0.4 is 0 Å². The van der Waals surface area contributed by atoms with E-state index in [4.69, 9.17) is 11.6 Å². The van der Waals surface area contributed by atoms with Crippen molar-refractivity contribution < 1.29 is 14.3 Å². The van der Waals surface area contributed by atoms with Gasteiger partial charge in [-0.2, -0.15) is 0 Å². The zero-order valence-electron chi connectivity index (χ0n) is 11.1. The molecule has 0 unspecified atom stereocenters. The summed E-state index contributed by atoms with van der Waals surface area (Å²) in [4.78, 5) is 13.7. The Kier molecular flexibility index (Phi) is 4.85. The van der Waals surface area contributed by atoms with Gasteiger partial charge in [-0.25, -0.2) is 4.39 Å². The van der Waals surface area contributed by atoms with Crippen molar-refractivity contribution in [2.75, 3.05) is 7.05 Å². The number of phenolic OH excluding ortho intramolecular Hbond substituents is 1. The highest BCUT2D eigenvalue weighted by Gasteiger charge is 2.19. The van der Waals surface area contributed by atoms with Gasteiger partial charge in [0, 0.05) is 18.6 Å². The Morgan fingerprint density at radius 1 is 1.38 bits per heavy atom. The number of phenols is 1. The van der Waals surface area contributed by atoms with Crippen LogP contribution >= 0.6 is 27.5 Å². The second kappa shape index (κ2) is 6.45. The molecule has 3 nitrogen and oxygen atoms in total. The number of halogens is 3. The van der Waals surface area contributed by atoms with Gasteiger partial charge in [-0.3, -0.25) is 4.79 Å². The van der Waals surface area contributed by atoms with Gasteiger partial charge in [0.2, 0.25) is 0 Å². The highest BCUT2D eigenvalue weighted by Crippen LogP contribution is 2.25. The lowest BCUT2D eigenvalue weighted by molar-refractivity contribution is 0.0780. The Morgan fingerprint density at radius 3 is 2.76 bits per heavy atom. The summed E-state index contributed by atoms with van der Waals surface area (Å²) in [5.41, 5.74) is 0.643. The van der Waals surface area contributed by atoms with Crippen LogP contribution in [0.4, 0.5) is 4.39 Å². The van der Waals surface area contributed by atoms with E-state index in [0.717, 1.165) is 5.56 Å². The molecule has 0 radical (unpaired) electrons. The SMILES string of the molecule is CN(Cc1cccc(O)c1)C(=O)c1cc(Cl)cc(Br)c1F. The van der Waals surface area contributed by atoms with Crippen molar-refractivity contribution in [3.8, 4) is 5.75 Å². The standard InChI is InChI=1S/C15H12BrClFNO2/c1-19(8-9-3-2-4-11(20)5-9)15(21)12-6-10(17)7-13(16)14(12)18/h2-7,20H,8H2,1H3. The molecule has 0 heterocycles. The number of hydrogen-bond acceptors (Lipinski definition) is 2. The average Bonchev–Trinajstić information content (AvgIpc) is 2.42. The minimum Gasteiger partial charge on any atom is -0.508 e. The molecule has 0 bridgehead atoms. The van der Waals surface area contributed by atoms with Gasteiger partial charge in [-0.1, -0.05) is 23.7 Å². The first-order valence-corrected chi connectivity index (χ1v) is 7.23. The highest BCUT2D eigenvalue weighted by molar-refractivity contribution is 9.10. The summed E-state index contributed by atoms with van der Waals surface area (Å²) in [7, 11) is 1.56. The van der Waals surface area contributed by atoms with Crippen LogP contribution in [0.5, 0.6) is 5.75 Å². The van der Waals surface area contributed by atoms with Gasteiger partial charge in [0.1, 0.15) is 11.6 Å².